The van der Waals surface area contributed by atoms with Crippen molar-refractivity contribution >= 4 is 11.6 Å². The summed E-state index contributed by atoms with van der Waals surface area (Å²) in [6.07, 6.45) is 0.965. The van der Waals surface area contributed by atoms with E-state index in [4.69, 9.17) is 16.3 Å². The van der Waals surface area contributed by atoms with Crippen molar-refractivity contribution in [2.45, 2.75) is 45.8 Å². The summed E-state index contributed by atoms with van der Waals surface area (Å²) in [5.74, 6) is 1.59. The van der Waals surface area contributed by atoms with Crippen molar-refractivity contribution in [3.63, 3.8) is 0 Å². The second-order valence-corrected chi connectivity index (χ2v) is 6.54. The molecule has 0 aliphatic carbocycles. The number of hydrogen-bond acceptors (Lipinski definition) is 2. The van der Waals surface area contributed by atoms with Crippen LogP contribution in [0.4, 0.5) is 0 Å². The van der Waals surface area contributed by atoms with Gasteiger partial charge in [0.2, 0.25) is 0 Å². The standard InChI is InChI=1S/C15H22ClNO/c1-10(2)9-17-13-8-15(3,4)18-14-6-5-11(16)7-12(13)14/h5-7,10,13,17H,8-9H2,1-4H3. The summed E-state index contributed by atoms with van der Waals surface area (Å²) in [6.45, 7) is 9.71. The molecule has 100 valence electrons. The average Bonchev–Trinajstić information content (AvgIpc) is 2.26. The highest BCUT2D eigenvalue weighted by Gasteiger charge is 2.33. The second-order valence-electron chi connectivity index (χ2n) is 6.10. The van der Waals surface area contributed by atoms with Crippen LogP contribution in [0.15, 0.2) is 18.2 Å². The molecule has 1 aromatic carbocycles. The summed E-state index contributed by atoms with van der Waals surface area (Å²) in [6, 6.07) is 6.21. The molecule has 2 nitrogen and oxygen atoms in total. The van der Waals surface area contributed by atoms with Gasteiger partial charge in [0.15, 0.2) is 0 Å². The zero-order valence-electron chi connectivity index (χ0n) is 11.6. The predicted molar refractivity (Wildman–Crippen MR) is 76.4 cm³/mol. The minimum absolute atomic E-state index is 0.129. The van der Waals surface area contributed by atoms with Crippen molar-refractivity contribution in [1.29, 1.82) is 0 Å². The topological polar surface area (TPSA) is 21.3 Å². The Morgan fingerprint density at radius 1 is 1.44 bits per heavy atom. The van der Waals surface area contributed by atoms with Crippen LogP contribution in [0, 0.1) is 5.92 Å². The van der Waals surface area contributed by atoms with Crippen LogP contribution in [0.2, 0.25) is 5.02 Å². The van der Waals surface area contributed by atoms with E-state index in [1.165, 1.54) is 5.56 Å². The Kier molecular flexibility index (Phi) is 3.88. The Morgan fingerprint density at radius 2 is 2.17 bits per heavy atom. The lowest BCUT2D eigenvalue weighted by Gasteiger charge is -2.38. The first-order chi connectivity index (χ1) is 8.37. The van der Waals surface area contributed by atoms with Crippen molar-refractivity contribution in [1.82, 2.24) is 5.32 Å². The van der Waals surface area contributed by atoms with E-state index >= 15 is 0 Å². The van der Waals surface area contributed by atoms with E-state index < -0.39 is 0 Å². The molecule has 1 N–H and O–H groups in total. The van der Waals surface area contributed by atoms with E-state index in [2.05, 4.69) is 33.0 Å². The molecule has 0 saturated carbocycles. The fraction of sp³-hybridized carbons (Fsp3) is 0.600. The molecule has 1 atom stereocenters. The zero-order valence-corrected chi connectivity index (χ0v) is 12.3. The smallest absolute Gasteiger partial charge is 0.124 e. The van der Waals surface area contributed by atoms with Gasteiger partial charge in [-0.05, 0) is 44.5 Å². The van der Waals surface area contributed by atoms with Gasteiger partial charge in [-0.2, -0.15) is 0 Å². The van der Waals surface area contributed by atoms with Gasteiger partial charge in [-0.3, -0.25) is 0 Å². The SMILES string of the molecule is CC(C)CNC1CC(C)(C)Oc2ccc(Cl)cc21. The molecule has 1 unspecified atom stereocenters. The predicted octanol–water partition coefficient (Wildman–Crippen LogP) is 4.19. The van der Waals surface area contributed by atoms with Crippen LogP contribution < -0.4 is 10.1 Å². The minimum Gasteiger partial charge on any atom is -0.487 e. The Hall–Kier alpha value is -0.730. The van der Waals surface area contributed by atoms with E-state index in [9.17, 15) is 0 Å². The molecule has 18 heavy (non-hydrogen) atoms. The lowest BCUT2D eigenvalue weighted by atomic mass is 9.89. The summed E-state index contributed by atoms with van der Waals surface area (Å²) in [7, 11) is 0. The van der Waals surface area contributed by atoms with Gasteiger partial charge in [-0.25, -0.2) is 0 Å². The zero-order chi connectivity index (χ0) is 13.3. The van der Waals surface area contributed by atoms with Gasteiger partial charge in [0.25, 0.3) is 0 Å². The molecule has 1 heterocycles. The van der Waals surface area contributed by atoms with Crippen molar-refractivity contribution in [2.75, 3.05) is 6.54 Å². The van der Waals surface area contributed by atoms with Gasteiger partial charge in [0, 0.05) is 23.0 Å². The van der Waals surface area contributed by atoms with Crippen LogP contribution in [-0.2, 0) is 0 Å². The molecule has 0 aromatic heterocycles. The molecule has 0 amide bonds. The molecular formula is C15H22ClNO. The van der Waals surface area contributed by atoms with E-state index in [1.54, 1.807) is 0 Å². The van der Waals surface area contributed by atoms with Gasteiger partial charge in [0.05, 0.1) is 0 Å². The first-order valence-corrected chi connectivity index (χ1v) is 6.97. The fourth-order valence-electron chi connectivity index (χ4n) is 2.39. The van der Waals surface area contributed by atoms with Crippen LogP contribution in [0.25, 0.3) is 0 Å². The average molecular weight is 268 g/mol. The maximum atomic E-state index is 6.09. The van der Waals surface area contributed by atoms with E-state index in [0.29, 0.717) is 12.0 Å². The van der Waals surface area contributed by atoms with Gasteiger partial charge < -0.3 is 10.1 Å². The molecule has 1 aliphatic heterocycles. The number of nitrogens with one attached hydrogen (secondary N) is 1. The molecule has 0 bridgehead atoms. The Balaban J connectivity index is 2.26. The van der Waals surface area contributed by atoms with Gasteiger partial charge in [-0.1, -0.05) is 25.4 Å². The Morgan fingerprint density at radius 3 is 2.83 bits per heavy atom. The molecule has 0 fully saturated rings. The van der Waals surface area contributed by atoms with Crippen LogP contribution in [-0.4, -0.2) is 12.1 Å². The molecule has 2 rings (SSSR count). The largest absolute Gasteiger partial charge is 0.487 e. The lowest BCUT2D eigenvalue weighted by Crippen LogP contribution is -2.40. The van der Waals surface area contributed by atoms with E-state index in [-0.39, 0.29) is 5.60 Å². The van der Waals surface area contributed by atoms with Crippen LogP contribution in [0.5, 0.6) is 5.75 Å². The van der Waals surface area contributed by atoms with Crippen molar-refractivity contribution in [3.05, 3.63) is 28.8 Å². The van der Waals surface area contributed by atoms with Crippen molar-refractivity contribution in [3.8, 4) is 5.75 Å². The first kappa shape index (κ1) is 13.7. The van der Waals surface area contributed by atoms with Crippen LogP contribution in [0.1, 0.15) is 45.7 Å². The maximum absolute atomic E-state index is 6.09. The van der Waals surface area contributed by atoms with Gasteiger partial charge in [-0.15, -0.1) is 0 Å². The summed E-state index contributed by atoms with van der Waals surface area (Å²) in [5, 5.41) is 4.39. The quantitative estimate of drug-likeness (QED) is 0.887. The minimum atomic E-state index is -0.129. The molecular weight excluding hydrogens is 246 g/mol. The van der Waals surface area contributed by atoms with Crippen LogP contribution in [0.3, 0.4) is 0 Å². The summed E-state index contributed by atoms with van der Waals surface area (Å²) >= 11 is 6.09. The molecule has 0 saturated heterocycles. The summed E-state index contributed by atoms with van der Waals surface area (Å²) < 4.78 is 6.01. The van der Waals surface area contributed by atoms with E-state index in [0.717, 1.165) is 23.7 Å². The monoisotopic (exact) mass is 267 g/mol. The number of rotatable bonds is 3. The number of fused-ring (bicyclic) bond motifs is 1. The summed E-state index contributed by atoms with van der Waals surface area (Å²) in [4.78, 5) is 0. The van der Waals surface area contributed by atoms with Gasteiger partial charge in [0.1, 0.15) is 11.4 Å². The third kappa shape index (κ3) is 3.18. The molecule has 0 radical (unpaired) electrons. The number of benzene rings is 1. The van der Waals surface area contributed by atoms with Crippen molar-refractivity contribution in [2.24, 2.45) is 5.92 Å². The number of hydrogen-bond donors (Lipinski definition) is 1. The summed E-state index contributed by atoms with van der Waals surface area (Å²) in [5.41, 5.74) is 1.05. The van der Waals surface area contributed by atoms with E-state index in [1.807, 2.05) is 18.2 Å². The molecule has 3 heteroatoms. The molecule has 1 aliphatic rings. The Labute approximate surface area is 115 Å². The van der Waals surface area contributed by atoms with Gasteiger partial charge >= 0.3 is 0 Å². The number of halogens is 1. The highest BCUT2D eigenvalue weighted by atomic mass is 35.5. The first-order valence-electron chi connectivity index (χ1n) is 6.59. The third-order valence-electron chi connectivity index (χ3n) is 3.20. The lowest BCUT2D eigenvalue weighted by molar-refractivity contribution is 0.0655. The second kappa shape index (κ2) is 5.10. The normalized spacial score (nSPS) is 21.6. The highest BCUT2D eigenvalue weighted by Crippen LogP contribution is 2.40. The van der Waals surface area contributed by atoms with Crippen molar-refractivity contribution < 1.29 is 4.74 Å². The molecule has 1 aromatic rings. The molecule has 0 spiro atoms. The third-order valence-corrected chi connectivity index (χ3v) is 3.44. The maximum Gasteiger partial charge on any atom is 0.124 e. The fourth-order valence-corrected chi connectivity index (χ4v) is 2.57. The highest BCUT2D eigenvalue weighted by molar-refractivity contribution is 6.30. The van der Waals surface area contributed by atoms with Crippen LogP contribution >= 0.6 is 11.6 Å². The Bertz CT molecular complexity index is 429. The number of ether oxygens (including phenoxy) is 1.